The van der Waals surface area contributed by atoms with E-state index in [2.05, 4.69) is 26.3 Å². The van der Waals surface area contributed by atoms with E-state index in [1.54, 1.807) is 17.8 Å². The van der Waals surface area contributed by atoms with E-state index >= 15 is 0 Å². The molecular weight excluding hydrogens is 524 g/mol. The highest BCUT2D eigenvalue weighted by atomic mass is 79.9. The van der Waals surface area contributed by atoms with Gasteiger partial charge in [-0.3, -0.25) is 13.9 Å². The van der Waals surface area contributed by atoms with Crippen molar-refractivity contribution in [3.8, 4) is 5.69 Å². The van der Waals surface area contributed by atoms with Crippen LogP contribution in [0.4, 0.5) is 5.69 Å². The lowest BCUT2D eigenvalue weighted by molar-refractivity contribution is -0.137. The van der Waals surface area contributed by atoms with Crippen LogP contribution in [-0.4, -0.2) is 55.0 Å². The molecule has 11 heteroatoms. The van der Waals surface area contributed by atoms with Crippen molar-refractivity contribution < 1.29 is 23.1 Å². The second-order valence-electron chi connectivity index (χ2n) is 8.35. The Kier molecular flexibility index (Phi) is 6.68. The van der Waals surface area contributed by atoms with Crippen LogP contribution in [-0.2, 0) is 14.8 Å². The SMILES string of the molecule is CNC(=O)c1c2cc(C3CC3)c(N(CCCC(=O)O)S(C)(=O)=O)cc2nn1-c1ccc(Br)cc1. The molecule has 9 nitrogen and oxygen atoms in total. The molecule has 0 saturated heterocycles. The summed E-state index contributed by atoms with van der Waals surface area (Å²) >= 11 is 3.41. The molecule has 0 bridgehead atoms. The van der Waals surface area contributed by atoms with Crippen LogP contribution in [0.1, 0.15) is 47.7 Å². The molecule has 1 aliphatic rings. The highest BCUT2D eigenvalue weighted by Crippen LogP contribution is 2.46. The number of nitrogens with one attached hydrogen (secondary N) is 1. The summed E-state index contributed by atoms with van der Waals surface area (Å²) in [5, 5.41) is 17.0. The number of carboxylic acid groups (broad SMARTS) is 1. The van der Waals surface area contributed by atoms with Gasteiger partial charge in [-0.15, -0.1) is 0 Å². The van der Waals surface area contributed by atoms with Gasteiger partial charge >= 0.3 is 5.97 Å². The standard InChI is InChI=1S/C23H25BrN4O5S/c1-25-23(31)22-18-12-17(14-5-6-14)20(27(34(2,32)33)11-3-4-21(29)30)13-19(18)26-28(22)16-9-7-15(24)8-10-16/h7-10,12-14H,3-6,11H2,1-2H3,(H,25,31)(H,29,30). The number of carbonyl (C=O) groups excluding carboxylic acids is 1. The molecule has 0 aliphatic heterocycles. The fraction of sp³-hybridized carbons (Fsp3) is 0.348. The van der Waals surface area contributed by atoms with E-state index in [0.29, 0.717) is 28.0 Å². The zero-order valence-corrected chi connectivity index (χ0v) is 21.2. The molecule has 0 spiro atoms. The van der Waals surface area contributed by atoms with Gasteiger partial charge in [0, 0.05) is 29.9 Å². The smallest absolute Gasteiger partial charge is 0.303 e. The number of fused-ring (bicyclic) bond motifs is 1. The van der Waals surface area contributed by atoms with E-state index in [-0.39, 0.29) is 31.2 Å². The first-order chi connectivity index (χ1) is 16.1. The number of hydrogen-bond donors (Lipinski definition) is 2. The van der Waals surface area contributed by atoms with E-state index in [0.717, 1.165) is 29.1 Å². The van der Waals surface area contributed by atoms with Crippen molar-refractivity contribution in [1.82, 2.24) is 15.1 Å². The molecule has 0 atom stereocenters. The van der Waals surface area contributed by atoms with Crippen LogP contribution in [0.2, 0.25) is 0 Å². The van der Waals surface area contributed by atoms with Crippen LogP contribution in [0.15, 0.2) is 40.9 Å². The Balaban J connectivity index is 1.92. The van der Waals surface area contributed by atoms with E-state index < -0.39 is 16.0 Å². The Hall–Kier alpha value is -2.92. The lowest BCUT2D eigenvalue weighted by Crippen LogP contribution is -2.32. The summed E-state index contributed by atoms with van der Waals surface area (Å²) in [4.78, 5) is 23.9. The number of sulfonamides is 1. The number of hydrogen-bond acceptors (Lipinski definition) is 5. The Morgan fingerprint density at radius 2 is 1.91 bits per heavy atom. The monoisotopic (exact) mass is 548 g/mol. The Bertz CT molecular complexity index is 1360. The van der Waals surface area contributed by atoms with Crippen molar-refractivity contribution in [2.45, 2.75) is 31.6 Å². The molecule has 0 radical (unpaired) electrons. The van der Waals surface area contributed by atoms with Crippen LogP contribution in [0.3, 0.4) is 0 Å². The molecule has 1 fully saturated rings. The van der Waals surface area contributed by atoms with Crippen LogP contribution < -0.4 is 9.62 Å². The molecule has 1 aromatic heterocycles. The summed E-state index contributed by atoms with van der Waals surface area (Å²) in [5.74, 6) is -1.10. The van der Waals surface area contributed by atoms with Gasteiger partial charge in [0.05, 0.1) is 23.1 Å². The lowest BCUT2D eigenvalue weighted by atomic mass is 10.0. The average Bonchev–Trinajstić information content (AvgIpc) is 3.55. The van der Waals surface area contributed by atoms with E-state index in [9.17, 15) is 18.0 Å². The summed E-state index contributed by atoms with van der Waals surface area (Å²) in [7, 11) is -2.12. The molecule has 34 heavy (non-hydrogen) atoms. The van der Waals surface area contributed by atoms with E-state index in [1.165, 1.54) is 4.31 Å². The fourth-order valence-corrected chi connectivity index (χ4v) is 5.26. The van der Waals surface area contributed by atoms with Crippen LogP contribution in [0.5, 0.6) is 0 Å². The minimum atomic E-state index is -3.67. The number of aromatic nitrogens is 2. The maximum absolute atomic E-state index is 12.9. The molecule has 1 heterocycles. The van der Waals surface area contributed by atoms with Gasteiger partial charge in [-0.1, -0.05) is 15.9 Å². The molecule has 1 saturated carbocycles. The molecule has 0 unspecified atom stereocenters. The first-order valence-electron chi connectivity index (χ1n) is 10.8. The summed E-state index contributed by atoms with van der Waals surface area (Å²) in [6, 6.07) is 10.9. The number of rotatable bonds is 9. The molecule has 180 valence electrons. The lowest BCUT2D eigenvalue weighted by Gasteiger charge is -2.25. The van der Waals surface area contributed by atoms with Gasteiger partial charge in [-0.25, -0.2) is 13.1 Å². The van der Waals surface area contributed by atoms with Gasteiger partial charge in [0.2, 0.25) is 10.0 Å². The number of nitrogens with zero attached hydrogens (tertiary/aromatic N) is 3. The predicted molar refractivity (Wildman–Crippen MR) is 133 cm³/mol. The summed E-state index contributed by atoms with van der Waals surface area (Å²) in [6.45, 7) is 0.0477. The van der Waals surface area contributed by atoms with Gasteiger partial charge < -0.3 is 10.4 Å². The molecular formula is C23H25BrN4O5S. The van der Waals surface area contributed by atoms with E-state index in [4.69, 9.17) is 5.11 Å². The predicted octanol–water partition coefficient (Wildman–Crippen LogP) is 3.66. The summed E-state index contributed by atoms with van der Waals surface area (Å²) < 4.78 is 29.1. The third-order valence-electron chi connectivity index (χ3n) is 5.77. The molecule has 2 aromatic carbocycles. The van der Waals surface area contributed by atoms with Crippen molar-refractivity contribution in [3.63, 3.8) is 0 Å². The highest BCUT2D eigenvalue weighted by molar-refractivity contribution is 9.10. The van der Waals surface area contributed by atoms with Crippen molar-refractivity contribution in [2.75, 3.05) is 24.2 Å². The minimum Gasteiger partial charge on any atom is -0.481 e. The fourth-order valence-electron chi connectivity index (χ4n) is 4.02. The average molecular weight is 549 g/mol. The zero-order valence-electron chi connectivity index (χ0n) is 18.8. The van der Waals surface area contributed by atoms with Gasteiger partial charge in [0.1, 0.15) is 5.69 Å². The molecule has 3 aromatic rings. The quantitative estimate of drug-likeness (QED) is 0.420. The first kappa shape index (κ1) is 24.2. The number of carboxylic acids is 1. The third kappa shape index (κ3) is 4.95. The van der Waals surface area contributed by atoms with Crippen molar-refractivity contribution in [1.29, 1.82) is 0 Å². The number of carbonyl (C=O) groups is 2. The topological polar surface area (TPSA) is 122 Å². The highest BCUT2D eigenvalue weighted by Gasteiger charge is 2.32. The van der Waals surface area contributed by atoms with Gasteiger partial charge in [0.15, 0.2) is 0 Å². The number of aliphatic carboxylic acids is 1. The van der Waals surface area contributed by atoms with Crippen molar-refractivity contribution in [3.05, 3.63) is 52.1 Å². The maximum Gasteiger partial charge on any atom is 0.303 e. The van der Waals surface area contributed by atoms with Gasteiger partial charge in [0.25, 0.3) is 5.91 Å². The van der Waals surface area contributed by atoms with E-state index in [1.807, 2.05) is 30.3 Å². The summed E-state index contributed by atoms with van der Waals surface area (Å²) in [5.41, 5.74) is 2.85. The van der Waals surface area contributed by atoms with Gasteiger partial charge in [-0.2, -0.15) is 5.10 Å². The Labute approximate surface area is 205 Å². The Morgan fingerprint density at radius 1 is 1.24 bits per heavy atom. The second kappa shape index (κ2) is 9.38. The molecule has 1 aliphatic carbocycles. The number of anilines is 1. The van der Waals surface area contributed by atoms with Crippen molar-refractivity contribution in [2.24, 2.45) is 0 Å². The third-order valence-corrected chi connectivity index (χ3v) is 7.48. The summed E-state index contributed by atoms with van der Waals surface area (Å²) in [6.07, 6.45) is 3.00. The zero-order chi connectivity index (χ0) is 24.6. The van der Waals surface area contributed by atoms with Crippen LogP contribution in [0.25, 0.3) is 16.6 Å². The first-order valence-corrected chi connectivity index (χ1v) is 13.5. The number of halogens is 1. The molecule has 1 amide bonds. The number of benzene rings is 2. The maximum atomic E-state index is 12.9. The molecule has 4 rings (SSSR count). The van der Waals surface area contributed by atoms with Crippen molar-refractivity contribution >= 4 is 54.4 Å². The van der Waals surface area contributed by atoms with Gasteiger partial charge in [-0.05, 0) is 67.1 Å². The number of amides is 1. The normalized spacial score (nSPS) is 13.7. The second-order valence-corrected chi connectivity index (χ2v) is 11.2. The minimum absolute atomic E-state index is 0.0477. The van der Waals surface area contributed by atoms with Crippen LogP contribution >= 0.6 is 15.9 Å². The Morgan fingerprint density at radius 3 is 2.47 bits per heavy atom. The van der Waals surface area contributed by atoms with Crippen LogP contribution in [0, 0.1) is 0 Å². The largest absolute Gasteiger partial charge is 0.481 e. The molecule has 2 N–H and O–H groups in total.